The molecule has 5 heteroatoms. The molecule has 0 radical (unpaired) electrons. The first-order valence-corrected chi connectivity index (χ1v) is 9.04. The van der Waals surface area contributed by atoms with Gasteiger partial charge >= 0.3 is 0 Å². The highest BCUT2D eigenvalue weighted by atomic mass is 16.3. The first kappa shape index (κ1) is 15.5. The number of aryl methyl sites for hydroxylation is 1. The molecule has 0 spiro atoms. The molecule has 4 rings (SSSR count). The van der Waals surface area contributed by atoms with Gasteiger partial charge in [-0.25, -0.2) is 9.97 Å². The van der Waals surface area contributed by atoms with E-state index in [0.29, 0.717) is 6.04 Å². The van der Waals surface area contributed by atoms with Crippen molar-refractivity contribution in [2.75, 3.05) is 18.1 Å². The van der Waals surface area contributed by atoms with E-state index in [1.54, 1.807) is 12.4 Å². The largest absolute Gasteiger partial charge is 0.396 e. The van der Waals surface area contributed by atoms with Crippen molar-refractivity contribution in [1.82, 2.24) is 15.0 Å². The minimum Gasteiger partial charge on any atom is -0.396 e. The van der Waals surface area contributed by atoms with Crippen LogP contribution in [0, 0.1) is 0 Å². The maximum absolute atomic E-state index is 9.44. The van der Waals surface area contributed by atoms with Crippen LogP contribution in [0.3, 0.4) is 0 Å². The number of aliphatic hydroxyl groups excluding tert-OH is 1. The fraction of sp³-hybridized carbons (Fsp3) is 0.526. The minimum absolute atomic E-state index is 0.242. The molecule has 1 aliphatic carbocycles. The van der Waals surface area contributed by atoms with Crippen molar-refractivity contribution in [2.24, 2.45) is 0 Å². The smallest absolute Gasteiger partial charge is 0.161 e. The Morgan fingerprint density at radius 2 is 1.96 bits per heavy atom. The second-order valence-electron chi connectivity index (χ2n) is 6.74. The van der Waals surface area contributed by atoms with E-state index >= 15 is 0 Å². The van der Waals surface area contributed by atoms with Crippen LogP contribution in [0.4, 0.5) is 5.82 Å². The highest BCUT2D eigenvalue weighted by molar-refractivity contribution is 5.61. The molecule has 1 N–H and O–H groups in total. The highest BCUT2D eigenvalue weighted by Gasteiger charge is 2.29. The third-order valence-corrected chi connectivity index (χ3v) is 5.21. The lowest BCUT2D eigenvalue weighted by atomic mass is 9.98. The molecule has 1 unspecified atom stereocenters. The van der Waals surface area contributed by atoms with Gasteiger partial charge in [-0.15, -0.1) is 0 Å². The summed E-state index contributed by atoms with van der Waals surface area (Å²) < 4.78 is 0. The molecule has 5 nitrogen and oxygen atoms in total. The first-order chi connectivity index (χ1) is 11.9. The first-order valence-electron chi connectivity index (χ1n) is 9.04. The minimum atomic E-state index is 0.242. The van der Waals surface area contributed by atoms with Crippen molar-refractivity contribution in [3.05, 3.63) is 35.8 Å². The summed E-state index contributed by atoms with van der Waals surface area (Å²) >= 11 is 0. The summed E-state index contributed by atoms with van der Waals surface area (Å²) in [5.74, 6) is 1.92. The van der Waals surface area contributed by atoms with Gasteiger partial charge < -0.3 is 10.0 Å². The summed E-state index contributed by atoms with van der Waals surface area (Å²) in [6.45, 7) is 1.27. The van der Waals surface area contributed by atoms with Crippen LogP contribution in [0.5, 0.6) is 0 Å². The Morgan fingerprint density at radius 3 is 2.79 bits per heavy atom. The monoisotopic (exact) mass is 324 g/mol. The Hall–Kier alpha value is -2.01. The molecule has 0 aromatic carbocycles. The summed E-state index contributed by atoms with van der Waals surface area (Å²) in [5, 5.41) is 9.44. The predicted molar refractivity (Wildman–Crippen MR) is 94.0 cm³/mol. The maximum atomic E-state index is 9.44. The zero-order valence-corrected chi connectivity index (χ0v) is 14.0. The topological polar surface area (TPSA) is 62.1 Å². The molecule has 2 aliphatic rings. The highest BCUT2D eigenvalue weighted by Crippen LogP contribution is 2.34. The van der Waals surface area contributed by atoms with Gasteiger partial charge in [0.2, 0.25) is 0 Å². The van der Waals surface area contributed by atoms with E-state index in [1.165, 1.54) is 24.1 Å². The lowest BCUT2D eigenvalue weighted by Crippen LogP contribution is -2.41. The van der Waals surface area contributed by atoms with Gasteiger partial charge in [-0.05, 0) is 57.1 Å². The third-order valence-electron chi connectivity index (χ3n) is 5.21. The van der Waals surface area contributed by atoms with Crippen LogP contribution in [0.15, 0.2) is 24.5 Å². The van der Waals surface area contributed by atoms with Gasteiger partial charge in [0.05, 0.1) is 0 Å². The van der Waals surface area contributed by atoms with Crippen molar-refractivity contribution in [1.29, 1.82) is 0 Å². The third kappa shape index (κ3) is 2.88. The Labute approximate surface area is 142 Å². The van der Waals surface area contributed by atoms with Crippen molar-refractivity contribution >= 4 is 5.82 Å². The molecule has 3 heterocycles. The average molecular weight is 324 g/mol. The SMILES string of the molecule is OCCC1CCCCN1c1nc(-c2ccncc2)nc2c1CCC2. The number of pyridine rings is 1. The fourth-order valence-electron chi connectivity index (χ4n) is 4.01. The van der Waals surface area contributed by atoms with Crippen LogP contribution in [-0.4, -0.2) is 39.3 Å². The number of aliphatic hydroxyl groups is 1. The van der Waals surface area contributed by atoms with Gasteiger partial charge in [-0.2, -0.15) is 0 Å². The zero-order valence-electron chi connectivity index (χ0n) is 14.0. The van der Waals surface area contributed by atoms with Crippen LogP contribution < -0.4 is 4.90 Å². The van der Waals surface area contributed by atoms with Gasteiger partial charge in [0.1, 0.15) is 5.82 Å². The Bertz CT molecular complexity index is 702. The molecule has 2 aromatic heterocycles. The number of anilines is 1. The number of nitrogens with zero attached hydrogens (tertiary/aromatic N) is 4. The number of rotatable bonds is 4. The second-order valence-corrected chi connectivity index (χ2v) is 6.74. The van der Waals surface area contributed by atoms with E-state index in [0.717, 1.165) is 55.9 Å². The van der Waals surface area contributed by atoms with Crippen molar-refractivity contribution in [3.8, 4) is 11.4 Å². The molecular formula is C19H24N4O. The molecule has 24 heavy (non-hydrogen) atoms. The van der Waals surface area contributed by atoms with Gasteiger partial charge in [-0.3, -0.25) is 4.98 Å². The van der Waals surface area contributed by atoms with Crippen molar-refractivity contribution in [2.45, 2.75) is 51.0 Å². The maximum Gasteiger partial charge on any atom is 0.161 e. The second kappa shape index (κ2) is 6.85. The van der Waals surface area contributed by atoms with Crippen LogP contribution in [0.1, 0.15) is 43.4 Å². The molecule has 1 atom stereocenters. The molecule has 1 aliphatic heterocycles. The quantitative estimate of drug-likeness (QED) is 0.937. The lowest BCUT2D eigenvalue weighted by molar-refractivity contribution is 0.262. The number of aromatic nitrogens is 3. The molecule has 0 bridgehead atoms. The van der Waals surface area contributed by atoms with Gasteiger partial charge in [0.15, 0.2) is 5.82 Å². The summed E-state index contributed by atoms with van der Waals surface area (Å²) in [6, 6.07) is 4.35. The zero-order chi connectivity index (χ0) is 16.4. The van der Waals surface area contributed by atoms with E-state index < -0.39 is 0 Å². The number of hydrogen-bond donors (Lipinski definition) is 1. The molecule has 1 saturated heterocycles. The van der Waals surface area contributed by atoms with Gasteiger partial charge in [0.25, 0.3) is 0 Å². The van der Waals surface area contributed by atoms with Gasteiger partial charge in [-0.1, -0.05) is 0 Å². The standard InChI is InChI=1S/C19H24N4O/c24-13-9-15-4-1-2-12-23(15)19-16-5-3-6-17(16)21-18(22-19)14-7-10-20-11-8-14/h7-8,10-11,15,24H,1-6,9,12-13H2. The van der Waals surface area contributed by atoms with Crippen LogP contribution in [-0.2, 0) is 12.8 Å². The molecule has 2 aromatic rings. The summed E-state index contributed by atoms with van der Waals surface area (Å²) in [4.78, 5) is 16.4. The summed E-state index contributed by atoms with van der Waals surface area (Å²) in [5.41, 5.74) is 3.56. The van der Waals surface area contributed by atoms with Gasteiger partial charge in [0, 0.05) is 48.4 Å². The van der Waals surface area contributed by atoms with Crippen molar-refractivity contribution in [3.63, 3.8) is 0 Å². The summed E-state index contributed by atoms with van der Waals surface area (Å²) in [6.07, 6.45) is 11.3. The average Bonchev–Trinajstić information content (AvgIpc) is 3.11. The predicted octanol–water partition coefficient (Wildman–Crippen LogP) is 2.77. The number of piperidine rings is 1. The number of fused-ring (bicyclic) bond motifs is 1. The molecular weight excluding hydrogens is 300 g/mol. The van der Waals surface area contributed by atoms with E-state index in [-0.39, 0.29) is 6.61 Å². The van der Waals surface area contributed by atoms with Crippen LogP contribution in [0.25, 0.3) is 11.4 Å². The Balaban J connectivity index is 1.77. The lowest BCUT2D eigenvalue weighted by Gasteiger charge is -2.37. The van der Waals surface area contributed by atoms with E-state index in [4.69, 9.17) is 9.97 Å². The van der Waals surface area contributed by atoms with E-state index in [1.807, 2.05) is 12.1 Å². The fourth-order valence-corrected chi connectivity index (χ4v) is 4.01. The molecule has 1 fully saturated rings. The Morgan fingerprint density at radius 1 is 1.08 bits per heavy atom. The van der Waals surface area contributed by atoms with Crippen LogP contribution >= 0.6 is 0 Å². The summed E-state index contributed by atoms with van der Waals surface area (Å²) in [7, 11) is 0. The van der Waals surface area contributed by atoms with Crippen LogP contribution in [0.2, 0.25) is 0 Å². The number of hydrogen-bond acceptors (Lipinski definition) is 5. The van der Waals surface area contributed by atoms with E-state index in [9.17, 15) is 5.11 Å². The Kier molecular flexibility index (Phi) is 4.43. The molecule has 126 valence electrons. The molecule has 0 amide bonds. The van der Waals surface area contributed by atoms with Crippen molar-refractivity contribution < 1.29 is 5.11 Å². The normalized spacial score (nSPS) is 20.2. The molecule has 0 saturated carbocycles. The van der Waals surface area contributed by atoms with E-state index in [2.05, 4.69) is 9.88 Å².